The Morgan fingerprint density at radius 2 is 1.07 bits per heavy atom. The summed E-state index contributed by atoms with van der Waals surface area (Å²) in [6.07, 6.45) is 0. The maximum Gasteiger partial charge on any atom is 0.108 e. The van der Waals surface area contributed by atoms with Crippen molar-refractivity contribution in [3.05, 3.63) is 94.0 Å². The first-order chi connectivity index (χ1) is 13.0. The van der Waals surface area contributed by atoms with Crippen LogP contribution in [0.25, 0.3) is 28.2 Å². The molecule has 0 fully saturated rings. The third kappa shape index (κ3) is 3.47. The Hall–Kier alpha value is -2.65. The molecule has 0 saturated carbocycles. The highest BCUT2D eigenvalue weighted by atomic mass is 79.9. The van der Waals surface area contributed by atoms with E-state index in [2.05, 4.69) is 109 Å². The predicted octanol–water partition coefficient (Wildman–Crippen LogP) is 6.89. The summed E-state index contributed by atoms with van der Waals surface area (Å²) in [5, 5.41) is 4.98. The molecule has 134 valence electrons. The minimum atomic E-state index is 0.950. The molecule has 3 heteroatoms. The number of hydrogen-bond acceptors (Lipinski definition) is 1. The molecule has 4 aromatic rings. The minimum absolute atomic E-state index is 0.950. The third-order valence-corrected chi connectivity index (χ3v) is 5.51. The topological polar surface area (TPSA) is 17.8 Å². The fourth-order valence-corrected chi connectivity index (χ4v) is 3.83. The molecule has 0 aliphatic heterocycles. The van der Waals surface area contributed by atoms with Crippen molar-refractivity contribution < 1.29 is 0 Å². The highest BCUT2D eigenvalue weighted by molar-refractivity contribution is 9.10. The van der Waals surface area contributed by atoms with Crippen LogP contribution in [0.1, 0.15) is 16.7 Å². The summed E-state index contributed by atoms with van der Waals surface area (Å²) < 4.78 is 3.04. The van der Waals surface area contributed by atoms with Gasteiger partial charge in [0.1, 0.15) is 5.69 Å². The Morgan fingerprint density at radius 1 is 0.630 bits per heavy atom. The van der Waals surface area contributed by atoms with E-state index < -0.39 is 0 Å². The van der Waals surface area contributed by atoms with Crippen molar-refractivity contribution in [1.29, 1.82) is 0 Å². The maximum atomic E-state index is 4.98. The van der Waals surface area contributed by atoms with Crippen LogP contribution in [-0.4, -0.2) is 9.78 Å². The molecule has 0 bridgehead atoms. The van der Waals surface area contributed by atoms with Crippen molar-refractivity contribution in [2.75, 3.05) is 0 Å². The summed E-state index contributed by atoms with van der Waals surface area (Å²) in [5.41, 5.74) is 9.03. The van der Waals surface area contributed by atoms with Gasteiger partial charge in [-0.25, -0.2) is 4.68 Å². The van der Waals surface area contributed by atoms with E-state index in [1.54, 1.807) is 0 Å². The van der Waals surface area contributed by atoms with Crippen molar-refractivity contribution in [2.24, 2.45) is 0 Å². The number of halogens is 1. The van der Waals surface area contributed by atoms with Gasteiger partial charge in [0, 0.05) is 11.1 Å². The van der Waals surface area contributed by atoms with Crippen LogP contribution in [0.2, 0.25) is 0 Å². The van der Waals surface area contributed by atoms with Gasteiger partial charge < -0.3 is 0 Å². The second kappa shape index (κ2) is 7.16. The van der Waals surface area contributed by atoms with E-state index in [4.69, 9.17) is 5.10 Å². The van der Waals surface area contributed by atoms with Gasteiger partial charge in [-0.2, -0.15) is 5.10 Å². The lowest BCUT2D eigenvalue weighted by Gasteiger charge is -2.09. The molecule has 27 heavy (non-hydrogen) atoms. The van der Waals surface area contributed by atoms with Gasteiger partial charge in [-0.05, 0) is 48.8 Å². The van der Waals surface area contributed by atoms with E-state index in [-0.39, 0.29) is 0 Å². The summed E-state index contributed by atoms with van der Waals surface area (Å²) >= 11 is 3.84. The monoisotopic (exact) mass is 416 g/mol. The molecule has 0 amide bonds. The van der Waals surface area contributed by atoms with E-state index in [0.717, 1.165) is 32.7 Å². The van der Waals surface area contributed by atoms with E-state index in [1.165, 1.54) is 16.7 Å². The second-order valence-electron chi connectivity index (χ2n) is 6.99. The third-order valence-electron chi connectivity index (χ3n) is 4.76. The zero-order valence-electron chi connectivity index (χ0n) is 15.7. The maximum absolute atomic E-state index is 4.98. The van der Waals surface area contributed by atoms with Crippen LogP contribution in [-0.2, 0) is 0 Å². The first kappa shape index (κ1) is 17.7. The molecule has 0 atom stereocenters. The van der Waals surface area contributed by atoms with Crippen molar-refractivity contribution >= 4 is 15.9 Å². The average Bonchev–Trinajstić information content (AvgIpc) is 3.01. The van der Waals surface area contributed by atoms with Gasteiger partial charge in [-0.3, -0.25) is 0 Å². The molecule has 3 aromatic carbocycles. The van der Waals surface area contributed by atoms with Gasteiger partial charge in [0.15, 0.2) is 0 Å². The van der Waals surface area contributed by atoms with E-state index in [9.17, 15) is 0 Å². The smallest absolute Gasteiger partial charge is 0.108 e. The molecule has 0 N–H and O–H groups in total. The Balaban J connectivity index is 1.95. The molecular formula is C24H21BrN2. The number of hydrogen-bond donors (Lipinski definition) is 0. The van der Waals surface area contributed by atoms with E-state index in [0.29, 0.717) is 0 Å². The molecule has 2 nitrogen and oxygen atoms in total. The lowest BCUT2D eigenvalue weighted by molar-refractivity contribution is 0.891. The van der Waals surface area contributed by atoms with Gasteiger partial charge in [0.2, 0.25) is 0 Å². The molecule has 0 aliphatic rings. The van der Waals surface area contributed by atoms with Crippen molar-refractivity contribution in [1.82, 2.24) is 9.78 Å². The average molecular weight is 417 g/mol. The van der Waals surface area contributed by atoms with Crippen LogP contribution in [0, 0.1) is 20.8 Å². The van der Waals surface area contributed by atoms with Crippen LogP contribution in [0.3, 0.4) is 0 Å². The molecule has 0 saturated heterocycles. The van der Waals surface area contributed by atoms with Crippen LogP contribution in [0.4, 0.5) is 0 Å². The van der Waals surface area contributed by atoms with Crippen LogP contribution >= 0.6 is 15.9 Å². The Bertz CT molecular complexity index is 1070. The molecular weight excluding hydrogens is 396 g/mol. The van der Waals surface area contributed by atoms with Gasteiger partial charge in [-0.1, -0.05) is 77.4 Å². The summed E-state index contributed by atoms with van der Waals surface area (Å²) in [4.78, 5) is 0. The first-order valence-electron chi connectivity index (χ1n) is 9.02. The Kier molecular flexibility index (Phi) is 4.71. The van der Waals surface area contributed by atoms with Crippen LogP contribution in [0.15, 0.2) is 77.3 Å². The SMILES string of the molecule is Cc1ccc(-c2nn(-c3ccc(C)cc3)c(-c3ccc(C)cc3)c2Br)cc1. The van der Waals surface area contributed by atoms with Crippen LogP contribution in [0.5, 0.6) is 0 Å². The van der Waals surface area contributed by atoms with Gasteiger partial charge in [0.05, 0.1) is 15.9 Å². The Labute approximate surface area is 168 Å². The van der Waals surface area contributed by atoms with Crippen molar-refractivity contribution in [3.8, 4) is 28.2 Å². The van der Waals surface area contributed by atoms with Gasteiger partial charge in [-0.15, -0.1) is 0 Å². The molecule has 0 spiro atoms. The molecule has 1 aromatic heterocycles. The minimum Gasteiger partial charge on any atom is -0.231 e. The highest BCUT2D eigenvalue weighted by Gasteiger charge is 2.19. The lowest BCUT2D eigenvalue weighted by Crippen LogP contribution is -1.99. The zero-order valence-corrected chi connectivity index (χ0v) is 17.3. The first-order valence-corrected chi connectivity index (χ1v) is 9.82. The molecule has 4 rings (SSSR count). The number of aryl methyl sites for hydroxylation is 3. The zero-order chi connectivity index (χ0) is 19.0. The normalized spacial score (nSPS) is 11.0. The quantitative estimate of drug-likeness (QED) is 0.355. The van der Waals surface area contributed by atoms with Crippen LogP contribution < -0.4 is 0 Å². The van der Waals surface area contributed by atoms with Crippen molar-refractivity contribution in [3.63, 3.8) is 0 Å². The van der Waals surface area contributed by atoms with E-state index in [1.807, 2.05) is 4.68 Å². The number of nitrogens with zero attached hydrogens (tertiary/aromatic N) is 2. The fraction of sp³-hybridized carbons (Fsp3) is 0.125. The second-order valence-corrected chi connectivity index (χ2v) is 7.78. The molecule has 0 unspecified atom stereocenters. The molecule has 0 radical (unpaired) electrons. The predicted molar refractivity (Wildman–Crippen MR) is 116 cm³/mol. The summed E-state index contributed by atoms with van der Waals surface area (Å²) in [6.45, 7) is 6.30. The number of benzene rings is 3. The summed E-state index contributed by atoms with van der Waals surface area (Å²) in [7, 11) is 0. The largest absolute Gasteiger partial charge is 0.231 e. The Morgan fingerprint density at radius 3 is 1.59 bits per heavy atom. The highest BCUT2D eigenvalue weighted by Crippen LogP contribution is 2.38. The van der Waals surface area contributed by atoms with Crippen molar-refractivity contribution in [2.45, 2.75) is 20.8 Å². The summed E-state index contributed by atoms with van der Waals surface area (Å²) in [6, 6.07) is 25.6. The van der Waals surface area contributed by atoms with Gasteiger partial charge in [0.25, 0.3) is 0 Å². The lowest BCUT2D eigenvalue weighted by atomic mass is 10.1. The fourth-order valence-electron chi connectivity index (χ4n) is 3.13. The molecule has 0 aliphatic carbocycles. The molecule has 1 heterocycles. The number of rotatable bonds is 3. The summed E-state index contributed by atoms with van der Waals surface area (Å²) in [5.74, 6) is 0. The van der Waals surface area contributed by atoms with Gasteiger partial charge >= 0.3 is 0 Å². The van der Waals surface area contributed by atoms with E-state index >= 15 is 0 Å². The number of aromatic nitrogens is 2. The standard InChI is InChI=1S/C24H21BrN2/c1-16-4-10-19(11-5-16)23-22(25)24(20-12-6-17(2)7-13-20)27(26-23)21-14-8-18(3)9-15-21/h4-15H,1-3H3.